The Morgan fingerprint density at radius 2 is 2.08 bits per heavy atom. The molecule has 0 aromatic heterocycles. The van der Waals surface area contributed by atoms with Crippen LogP contribution in [0.4, 0.5) is 0 Å². The molecular weight excluding hydrogens is 310 g/mol. The molecule has 1 saturated heterocycles. The summed E-state index contributed by atoms with van der Waals surface area (Å²) in [5, 5.41) is 4.60. The lowest BCUT2D eigenvalue weighted by molar-refractivity contribution is -0.127. The number of aldehydes is 1. The highest BCUT2D eigenvalue weighted by atomic mass is 16.5. The van der Waals surface area contributed by atoms with Gasteiger partial charge in [0.25, 0.3) is 0 Å². The maximum Gasteiger partial charge on any atom is 0.249 e. The number of nitrogens with one attached hydrogen (secondary N) is 1. The lowest BCUT2D eigenvalue weighted by atomic mass is 10.1. The predicted octanol–water partition coefficient (Wildman–Crippen LogP) is 1.94. The van der Waals surface area contributed by atoms with E-state index in [9.17, 15) is 9.59 Å². The van der Waals surface area contributed by atoms with Crippen LogP contribution in [0.5, 0.6) is 11.5 Å². The molecule has 0 bridgehead atoms. The van der Waals surface area contributed by atoms with Crippen molar-refractivity contribution in [2.24, 2.45) is 0 Å². The number of rotatable bonds is 6. The maximum atomic E-state index is 11.7. The van der Waals surface area contributed by atoms with Crippen LogP contribution in [-0.4, -0.2) is 45.2 Å². The average Bonchev–Trinajstić information content (AvgIpc) is 2.98. The van der Waals surface area contributed by atoms with E-state index < -0.39 is 6.10 Å². The largest absolute Gasteiger partial charge is 0.496 e. The molecule has 0 spiro atoms. The van der Waals surface area contributed by atoms with Crippen LogP contribution in [0.2, 0.25) is 0 Å². The van der Waals surface area contributed by atoms with Gasteiger partial charge in [-0.05, 0) is 23.6 Å². The van der Waals surface area contributed by atoms with Gasteiger partial charge in [-0.1, -0.05) is 12.1 Å². The standard InChI is InChI=1S/C18H19NO5/c1-22-16-8-14-11(6-12(16)9-20)4-3-5-15(14)24-10-13-7-17(23-2)18(21)19-13/h3-6,8-9,13,17H,7,10H2,1-2H3,(H,19,21). The van der Waals surface area contributed by atoms with E-state index in [1.54, 1.807) is 12.1 Å². The number of carbonyl (C=O) groups excluding carboxylic acids is 2. The predicted molar refractivity (Wildman–Crippen MR) is 88.7 cm³/mol. The van der Waals surface area contributed by atoms with Gasteiger partial charge >= 0.3 is 0 Å². The van der Waals surface area contributed by atoms with Crippen LogP contribution in [0.1, 0.15) is 16.8 Å². The molecule has 2 aromatic carbocycles. The van der Waals surface area contributed by atoms with Crippen molar-refractivity contribution in [3.05, 3.63) is 35.9 Å². The lowest BCUT2D eigenvalue weighted by Gasteiger charge is -2.14. The Morgan fingerprint density at radius 1 is 1.25 bits per heavy atom. The fourth-order valence-electron chi connectivity index (χ4n) is 2.91. The van der Waals surface area contributed by atoms with E-state index in [0.29, 0.717) is 30.1 Å². The van der Waals surface area contributed by atoms with Crippen molar-refractivity contribution < 1.29 is 23.8 Å². The van der Waals surface area contributed by atoms with Gasteiger partial charge in [0.05, 0.1) is 18.7 Å². The summed E-state index contributed by atoms with van der Waals surface area (Å²) in [6, 6.07) is 9.10. The topological polar surface area (TPSA) is 73.9 Å². The number of hydrogen-bond acceptors (Lipinski definition) is 5. The van der Waals surface area contributed by atoms with Gasteiger partial charge in [0.15, 0.2) is 6.29 Å². The van der Waals surface area contributed by atoms with Crippen LogP contribution in [0.3, 0.4) is 0 Å². The summed E-state index contributed by atoms with van der Waals surface area (Å²) in [4.78, 5) is 22.8. The van der Waals surface area contributed by atoms with Crippen LogP contribution in [-0.2, 0) is 9.53 Å². The smallest absolute Gasteiger partial charge is 0.249 e. The minimum atomic E-state index is -0.415. The second kappa shape index (κ2) is 6.88. The van der Waals surface area contributed by atoms with E-state index in [0.717, 1.165) is 17.1 Å². The Balaban J connectivity index is 1.82. The molecule has 0 aliphatic carbocycles. The van der Waals surface area contributed by atoms with Gasteiger partial charge in [-0.15, -0.1) is 0 Å². The van der Waals surface area contributed by atoms with Crippen LogP contribution < -0.4 is 14.8 Å². The molecule has 6 heteroatoms. The highest BCUT2D eigenvalue weighted by Gasteiger charge is 2.32. The first kappa shape index (κ1) is 16.3. The number of carbonyl (C=O) groups is 2. The van der Waals surface area contributed by atoms with E-state index in [4.69, 9.17) is 14.2 Å². The van der Waals surface area contributed by atoms with Crippen LogP contribution >= 0.6 is 0 Å². The Bertz CT molecular complexity index is 773. The Kier molecular flexibility index (Phi) is 4.66. The molecule has 2 atom stereocenters. The van der Waals surface area contributed by atoms with Crippen molar-refractivity contribution in [1.82, 2.24) is 5.32 Å². The number of ether oxygens (including phenoxy) is 3. The molecule has 6 nitrogen and oxygen atoms in total. The quantitative estimate of drug-likeness (QED) is 0.820. The third-order valence-electron chi connectivity index (χ3n) is 4.18. The van der Waals surface area contributed by atoms with Gasteiger partial charge in [0.1, 0.15) is 24.2 Å². The van der Waals surface area contributed by atoms with Crippen LogP contribution in [0, 0.1) is 0 Å². The fraction of sp³-hybridized carbons (Fsp3) is 0.333. The van der Waals surface area contributed by atoms with Crippen molar-refractivity contribution in [3.63, 3.8) is 0 Å². The molecule has 2 unspecified atom stereocenters. The third-order valence-corrected chi connectivity index (χ3v) is 4.18. The van der Waals surface area contributed by atoms with Gasteiger partial charge in [-0.2, -0.15) is 0 Å². The molecular formula is C18H19NO5. The molecule has 1 N–H and O–H groups in total. The summed E-state index contributed by atoms with van der Waals surface area (Å²) in [5.74, 6) is 1.07. The number of hydrogen-bond donors (Lipinski definition) is 1. The number of fused-ring (bicyclic) bond motifs is 1. The zero-order chi connectivity index (χ0) is 17.1. The third kappa shape index (κ3) is 3.05. The zero-order valence-corrected chi connectivity index (χ0v) is 13.6. The fourth-order valence-corrected chi connectivity index (χ4v) is 2.91. The van der Waals surface area contributed by atoms with E-state index >= 15 is 0 Å². The zero-order valence-electron chi connectivity index (χ0n) is 13.6. The second-order valence-corrected chi connectivity index (χ2v) is 5.67. The van der Waals surface area contributed by atoms with Gasteiger partial charge in [0.2, 0.25) is 5.91 Å². The minimum Gasteiger partial charge on any atom is -0.496 e. The van der Waals surface area contributed by atoms with Crippen molar-refractivity contribution in [2.45, 2.75) is 18.6 Å². The molecule has 0 saturated carbocycles. The van der Waals surface area contributed by atoms with Gasteiger partial charge in [-0.3, -0.25) is 9.59 Å². The normalized spacial score (nSPS) is 20.0. The van der Waals surface area contributed by atoms with Gasteiger partial charge < -0.3 is 19.5 Å². The van der Waals surface area contributed by atoms with E-state index in [-0.39, 0.29) is 11.9 Å². The SMILES string of the molecule is COc1cc2c(OCC3CC(OC)C(=O)N3)cccc2cc1C=O. The molecule has 126 valence electrons. The summed E-state index contributed by atoms with van der Waals surface area (Å²) in [7, 11) is 3.05. The molecule has 1 heterocycles. The van der Waals surface area contributed by atoms with Crippen LogP contribution in [0.15, 0.2) is 30.3 Å². The van der Waals surface area contributed by atoms with Gasteiger partial charge in [-0.25, -0.2) is 0 Å². The summed E-state index contributed by atoms with van der Waals surface area (Å²) >= 11 is 0. The molecule has 0 radical (unpaired) electrons. The molecule has 1 aliphatic heterocycles. The van der Waals surface area contributed by atoms with E-state index in [2.05, 4.69) is 5.32 Å². The van der Waals surface area contributed by atoms with Crippen molar-refractivity contribution >= 4 is 23.0 Å². The Hall–Kier alpha value is -2.60. The van der Waals surface area contributed by atoms with E-state index in [1.165, 1.54) is 14.2 Å². The summed E-state index contributed by atoms with van der Waals surface area (Å²) < 4.78 is 16.3. The van der Waals surface area contributed by atoms with Crippen LogP contribution in [0.25, 0.3) is 10.8 Å². The molecule has 2 aromatic rings. The number of methoxy groups -OCH3 is 2. The summed E-state index contributed by atoms with van der Waals surface area (Å²) in [6.45, 7) is 0.350. The summed E-state index contributed by atoms with van der Waals surface area (Å²) in [6.07, 6.45) is 0.935. The first-order valence-electron chi connectivity index (χ1n) is 7.68. The average molecular weight is 329 g/mol. The lowest BCUT2D eigenvalue weighted by Crippen LogP contribution is -2.31. The number of amides is 1. The highest BCUT2D eigenvalue weighted by molar-refractivity contribution is 5.95. The Labute approximate surface area is 139 Å². The van der Waals surface area contributed by atoms with Crippen molar-refractivity contribution in [1.29, 1.82) is 0 Å². The summed E-state index contributed by atoms with van der Waals surface area (Å²) in [5.41, 5.74) is 0.494. The Morgan fingerprint density at radius 3 is 2.75 bits per heavy atom. The van der Waals surface area contributed by atoms with Gasteiger partial charge in [0, 0.05) is 18.9 Å². The number of benzene rings is 2. The maximum absolute atomic E-state index is 11.7. The van der Waals surface area contributed by atoms with Crippen molar-refractivity contribution in [2.75, 3.05) is 20.8 Å². The van der Waals surface area contributed by atoms with E-state index in [1.807, 2.05) is 18.2 Å². The molecule has 1 aliphatic rings. The molecule has 3 rings (SSSR count). The first-order valence-corrected chi connectivity index (χ1v) is 7.68. The monoisotopic (exact) mass is 329 g/mol. The highest BCUT2D eigenvalue weighted by Crippen LogP contribution is 2.31. The minimum absolute atomic E-state index is 0.0890. The first-order chi connectivity index (χ1) is 11.7. The van der Waals surface area contributed by atoms with Crippen molar-refractivity contribution in [3.8, 4) is 11.5 Å². The second-order valence-electron chi connectivity index (χ2n) is 5.67. The molecule has 1 fully saturated rings. The molecule has 1 amide bonds. The molecule has 24 heavy (non-hydrogen) atoms.